The Balaban J connectivity index is 4.41. The number of esters is 1. The first-order valence-electron chi connectivity index (χ1n) is 6.39. The molecular formula is C13H23NO6. The topological polar surface area (TPSA) is 102 Å². The summed E-state index contributed by atoms with van der Waals surface area (Å²) in [5, 5.41) is 11.1. The largest absolute Gasteiger partial charge is 0.480 e. The van der Waals surface area contributed by atoms with Gasteiger partial charge in [0.1, 0.15) is 11.6 Å². The molecule has 0 aromatic carbocycles. The van der Waals surface area contributed by atoms with Gasteiger partial charge in [0.05, 0.1) is 13.0 Å². The van der Waals surface area contributed by atoms with E-state index in [-0.39, 0.29) is 12.5 Å². The number of carboxylic acid groups (broad SMARTS) is 1. The maximum atomic E-state index is 11.5. The van der Waals surface area contributed by atoms with Crippen LogP contribution in [0.25, 0.3) is 0 Å². The quantitative estimate of drug-likeness (QED) is 0.719. The third-order valence-corrected chi connectivity index (χ3v) is 1.93. The van der Waals surface area contributed by atoms with Gasteiger partial charge in [0.25, 0.3) is 0 Å². The van der Waals surface area contributed by atoms with Crippen LogP contribution >= 0.6 is 0 Å². The minimum atomic E-state index is -1.37. The first-order valence-corrected chi connectivity index (χ1v) is 6.39. The van der Waals surface area contributed by atoms with Crippen molar-refractivity contribution < 1.29 is 29.0 Å². The summed E-state index contributed by atoms with van der Waals surface area (Å²) in [4.78, 5) is 33.9. The monoisotopic (exact) mass is 289 g/mol. The van der Waals surface area contributed by atoms with Crippen LogP contribution in [-0.2, 0) is 19.1 Å². The highest BCUT2D eigenvalue weighted by molar-refractivity contribution is 5.85. The van der Waals surface area contributed by atoms with E-state index in [1.54, 1.807) is 20.8 Å². The maximum Gasteiger partial charge on any atom is 0.407 e. The Labute approximate surface area is 118 Å². The Morgan fingerprint density at radius 3 is 2.15 bits per heavy atom. The molecule has 20 heavy (non-hydrogen) atoms. The third kappa shape index (κ3) is 9.18. The number of alkyl carbamates (subject to hydrolysis) is 1. The lowest BCUT2D eigenvalue weighted by molar-refractivity contribution is -0.158. The molecule has 1 atom stereocenters. The van der Waals surface area contributed by atoms with Crippen molar-refractivity contribution in [2.24, 2.45) is 5.92 Å². The van der Waals surface area contributed by atoms with Gasteiger partial charge in [-0.25, -0.2) is 9.59 Å². The van der Waals surface area contributed by atoms with Crippen molar-refractivity contribution in [3.63, 3.8) is 0 Å². The van der Waals surface area contributed by atoms with Crippen LogP contribution < -0.4 is 5.32 Å². The predicted molar refractivity (Wildman–Crippen MR) is 71.2 cm³/mol. The number of carboxylic acids is 1. The van der Waals surface area contributed by atoms with Crippen LogP contribution in [0.4, 0.5) is 4.79 Å². The SMILES string of the molecule is CC(C)COC(=O)NC(CC(=O)OC(C)(C)C)C(=O)O. The van der Waals surface area contributed by atoms with Crippen molar-refractivity contribution in [2.75, 3.05) is 6.61 Å². The van der Waals surface area contributed by atoms with Crippen molar-refractivity contribution in [1.29, 1.82) is 0 Å². The molecule has 0 aliphatic heterocycles. The molecule has 7 nitrogen and oxygen atoms in total. The molecule has 2 N–H and O–H groups in total. The van der Waals surface area contributed by atoms with Crippen LogP contribution in [-0.4, -0.2) is 41.4 Å². The Bertz CT molecular complexity index is 358. The minimum Gasteiger partial charge on any atom is -0.480 e. The van der Waals surface area contributed by atoms with Gasteiger partial charge in [0.2, 0.25) is 0 Å². The van der Waals surface area contributed by atoms with Gasteiger partial charge in [-0.2, -0.15) is 0 Å². The fourth-order valence-electron chi connectivity index (χ4n) is 1.18. The Morgan fingerprint density at radius 2 is 1.75 bits per heavy atom. The van der Waals surface area contributed by atoms with Crippen molar-refractivity contribution in [1.82, 2.24) is 5.32 Å². The van der Waals surface area contributed by atoms with Gasteiger partial charge in [-0.3, -0.25) is 4.79 Å². The molecule has 0 fully saturated rings. The molecule has 0 aliphatic rings. The van der Waals surface area contributed by atoms with Crippen LogP contribution in [0.15, 0.2) is 0 Å². The van der Waals surface area contributed by atoms with Crippen LogP contribution in [0.3, 0.4) is 0 Å². The number of ether oxygens (including phenoxy) is 2. The van der Waals surface area contributed by atoms with E-state index in [9.17, 15) is 14.4 Å². The molecule has 0 aliphatic carbocycles. The second-order valence-corrected chi connectivity index (χ2v) is 5.82. The Hall–Kier alpha value is -1.79. The zero-order valence-electron chi connectivity index (χ0n) is 12.6. The molecule has 0 spiro atoms. The third-order valence-electron chi connectivity index (χ3n) is 1.93. The molecule has 0 bridgehead atoms. The molecule has 0 aromatic rings. The molecule has 0 heterocycles. The summed E-state index contributed by atoms with van der Waals surface area (Å²) in [6.45, 7) is 8.89. The average molecular weight is 289 g/mol. The van der Waals surface area contributed by atoms with Crippen LogP contribution in [0, 0.1) is 5.92 Å². The summed E-state index contributed by atoms with van der Waals surface area (Å²) in [6.07, 6.45) is -1.32. The lowest BCUT2D eigenvalue weighted by atomic mass is 10.1. The van der Waals surface area contributed by atoms with E-state index in [1.807, 2.05) is 13.8 Å². The van der Waals surface area contributed by atoms with Crippen LogP contribution in [0.5, 0.6) is 0 Å². The minimum absolute atomic E-state index is 0.134. The molecule has 7 heteroatoms. The number of rotatable bonds is 6. The number of nitrogens with one attached hydrogen (secondary N) is 1. The van der Waals surface area contributed by atoms with Gasteiger partial charge >= 0.3 is 18.0 Å². The van der Waals surface area contributed by atoms with Gasteiger partial charge in [-0.15, -0.1) is 0 Å². The van der Waals surface area contributed by atoms with Crippen molar-refractivity contribution in [3.8, 4) is 0 Å². The zero-order chi connectivity index (χ0) is 15.9. The van der Waals surface area contributed by atoms with Gasteiger partial charge in [0, 0.05) is 0 Å². The predicted octanol–water partition coefficient (Wildman–Crippen LogP) is 1.55. The first-order chi connectivity index (χ1) is 9.01. The van der Waals surface area contributed by atoms with Crippen molar-refractivity contribution in [2.45, 2.75) is 52.7 Å². The Kier molecular flexibility index (Phi) is 7.02. The number of hydrogen-bond donors (Lipinski definition) is 2. The van der Waals surface area contributed by atoms with Gasteiger partial charge in [-0.1, -0.05) is 13.8 Å². The summed E-state index contributed by atoms with van der Waals surface area (Å²) >= 11 is 0. The second kappa shape index (κ2) is 7.72. The maximum absolute atomic E-state index is 11.5. The smallest absolute Gasteiger partial charge is 0.407 e. The lowest BCUT2D eigenvalue weighted by Crippen LogP contribution is -2.43. The molecule has 0 radical (unpaired) electrons. The standard InChI is InChI=1S/C13H23NO6/c1-8(2)7-19-12(18)14-9(11(16)17)6-10(15)20-13(3,4)5/h8-9H,6-7H2,1-5H3,(H,14,18)(H,16,17). The number of hydrogen-bond acceptors (Lipinski definition) is 5. The number of carbonyl (C=O) groups excluding carboxylic acids is 2. The van der Waals surface area contributed by atoms with Crippen molar-refractivity contribution >= 4 is 18.0 Å². The molecule has 1 amide bonds. The van der Waals surface area contributed by atoms with E-state index in [4.69, 9.17) is 14.6 Å². The van der Waals surface area contributed by atoms with Gasteiger partial charge in [0.15, 0.2) is 0 Å². The Morgan fingerprint density at radius 1 is 1.20 bits per heavy atom. The summed E-state index contributed by atoms with van der Waals surface area (Å²) in [5.74, 6) is -1.89. The molecule has 0 rings (SSSR count). The van der Waals surface area contributed by atoms with E-state index in [0.717, 1.165) is 0 Å². The second-order valence-electron chi connectivity index (χ2n) is 5.82. The van der Waals surface area contributed by atoms with E-state index in [1.165, 1.54) is 0 Å². The highest BCUT2D eigenvalue weighted by atomic mass is 16.6. The summed E-state index contributed by atoms with van der Waals surface area (Å²) < 4.78 is 9.80. The van der Waals surface area contributed by atoms with E-state index >= 15 is 0 Å². The van der Waals surface area contributed by atoms with E-state index < -0.39 is 36.1 Å². The van der Waals surface area contributed by atoms with Crippen molar-refractivity contribution in [3.05, 3.63) is 0 Å². The average Bonchev–Trinajstić information content (AvgIpc) is 2.22. The highest BCUT2D eigenvalue weighted by Crippen LogP contribution is 2.09. The lowest BCUT2D eigenvalue weighted by Gasteiger charge is -2.21. The van der Waals surface area contributed by atoms with Gasteiger partial charge < -0.3 is 19.9 Å². The number of amides is 1. The molecule has 0 aromatic heterocycles. The molecule has 1 unspecified atom stereocenters. The van der Waals surface area contributed by atoms with E-state index in [2.05, 4.69) is 5.32 Å². The molecule has 0 saturated carbocycles. The summed E-state index contributed by atoms with van der Waals surface area (Å²) in [7, 11) is 0. The molecular weight excluding hydrogens is 266 g/mol. The normalized spacial score (nSPS) is 12.7. The summed E-state index contributed by atoms with van der Waals surface area (Å²) in [6, 6.07) is -1.37. The zero-order valence-corrected chi connectivity index (χ0v) is 12.6. The fraction of sp³-hybridized carbons (Fsp3) is 0.769. The first kappa shape index (κ1) is 18.2. The number of carbonyl (C=O) groups is 3. The van der Waals surface area contributed by atoms with Crippen LogP contribution in [0.2, 0.25) is 0 Å². The molecule has 116 valence electrons. The number of aliphatic carboxylic acids is 1. The fourth-order valence-corrected chi connectivity index (χ4v) is 1.18. The van der Waals surface area contributed by atoms with Gasteiger partial charge in [-0.05, 0) is 26.7 Å². The highest BCUT2D eigenvalue weighted by Gasteiger charge is 2.27. The van der Waals surface area contributed by atoms with Crippen LogP contribution in [0.1, 0.15) is 41.0 Å². The molecule has 0 saturated heterocycles. The van der Waals surface area contributed by atoms with E-state index in [0.29, 0.717) is 0 Å². The summed E-state index contributed by atoms with van der Waals surface area (Å²) in [5.41, 5.74) is -0.710.